The fourth-order valence-electron chi connectivity index (χ4n) is 2.40. The van der Waals surface area contributed by atoms with E-state index >= 15 is 0 Å². The molecule has 2 atom stereocenters. The van der Waals surface area contributed by atoms with E-state index < -0.39 is 47.5 Å². The maximum Gasteiger partial charge on any atom is 0.326 e. The van der Waals surface area contributed by atoms with Gasteiger partial charge in [-0.2, -0.15) is 0 Å². The molecule has 142 valence electrons. The van der Waals surface area contributed by atoms with Crippen molar-refractivity contribution < 1.29 is 38.1 Å². The summed E-state index contributed by atoms with van der Waals surface area (Å²) in [5, 5.41) is 11.7. The molecule has 1 rings (SSSR count). The van der Waals surface area contributed by atoms with Crippen LogP contribution in [0.3, 0.4) is 0 Å². The minimum atomic E-state index is -1.54. The predicted molar refractivity (Wildman–Crippen MR) is 86.4 cm³/mol. The molecule has 8 nitrogen and oxygen atoms in total. The zero-order chi connectivity index (χ0) is 19.9. The molecule has 9 heteroatoms. The summed E-state index contributed by atoms with van der Waals surface area (Å²) in [5.41, 5.74) is 0.471. The van der Waals surface area contributed by atoms with Crippen LogP contribution < -0.4 is 5.32 Å². The van der Waals surface area contributed by atoms with Gasteiger partial charge in [-0.15, -0.1) is 0 Å². The number of benzene rings is 1. The highest BCUT2D eigenvalue weighted by Gasteiger charge is 2.41. The SMILES string of the molecule is COC(=O)C(C(=O)OC)[C@@H](C)[C@H](NC(=O)Cc1ccc(F)cc1)C(=O)O. The Morgan fingerprint density at radius 3 is 2.00 bits per heavy atom. The molecule has 26 heavy (non-hydrogen) atoms. The van der Waals surface area contributed by atoms with Crippen molar-refractivity contribution in [1.29, 1.82) is 0 Å². The highest BCUT2D eigenvalue weighted by atomic mass is 19.1. The third-order valence-corrected chi connectivity index (χ3v) is 3.82. The van der Waals surface area contributed by atoms with Gasteiger partial charge in [0.2, 0.25) is 5.91 Å². The average Bonchev–Trinajstić information content (AvgIpc) is 2.60. The van der Waals surface area contributed by atoms with Crippen molar-refractivity contribution in [2.75, 3.05) is 14.2 Å². The van der Waals surface area contributed by atoms with Gasteiger partial charge in [-0.25, -0.2) is 9.18 Å². The number of amides is 1. The number of carbonyl (C=O) groups is 4. The molecule has 0 unspecified atom stereocenters. The molecule has 1 aromatic carbocycles. The van der Waals surface area contributed by atoms with E-state index in [1.807, 2.05) is 0 Å². The van der Waals surface area contributed by atoms with E-state index in [2.05, 4.69) is 14.8 Å². The van der Waals surface area contributed by atoms with Crippen molar-refractivity contribution in [1.82, 2.24) is 5.32 Å². The van der Waals surface area contributed by atoms with Crippen molar-refractivity contribution in [3.8, 4) is 0 Å². The Morgan fingerprint density at radius 2 is 1.58 bits per heavy atom. The van der Waals surface area contributed by atoms with Gasteiger partial charge in [-0.3, -0.25) is 14.4 Å². The van der Waals surface area contributed by atoms with E-state index in [1.54, 1.807) is 0 Å². The minimum absolute atomic E-state index is 0.197. The van der Waals surface area contributed by atoms with Crippen LogP contribution in [-0.2, 0) is 35.1 Å². The van der Waals surface area contributed by atoms with E-state index in [0.29, 0.717) is 5.56 Å². The van der Waals surface area contributed by atoms with E-state index in [1.165, 1.54) is 31.2 Å². The highest BCUT2D eigenvalue weighted by Crippen LogP contribution is 2.20. The third kappa shape index (κ3) is 5.54. The quantitative estimate of drug-likeness (QED) is 0.507. The van der Waals surface area contributed by atoms with Gasteiger partial charge in [-0.05, 0) is 17.7 Å². The van der Waals surface area contributed by atoms with Crippen LogP contribution in [0.25, 0.3) is 0 Å². The van der Waals surface area contributed by atoms with E-state index in [0.717, 1.165) is 14.2 Å². The molecule has 0 spiro atoms. The van der Waals surface area contributed by atoms with Crippen LogP contribution in [-0.4, -0.2) is 49.2 Å². The van der Waals surface area contributed by atoms with Crippen molar-refractivity contribution >= 4 is 23.8 Å². The summed E-state index contributed by atoms with van der Waals surface area (Å²) in [7, 11) is 2.10. The largest absolute Gasteiger partial charge is 0.480 e. The predicted octanol–water partition coefficient (Wildman–Crippen LogP) is 0.536. The normalized spacial score (nSPS) is 12.8. The lowest BCUT2D eigenvalue weighted by molar-refractivity contribution is -0.163. The van der Waals surface area contributed by atoms with Crippen LogP contribution in [0.2, 0.25) is 0 Å². The maximum absolute atomic E-state index is 12.9. The number of aliphatic carboxylic acids is 1. The first-order valence-corrected chi connectivity index (χ1v) is 7.63. The smallest absolute Gasteiger partial charge is 0.326 e. The second-order valence-corrected chi connectivity index (χ2v) is 5.57. The molecular formula is C17H20FNO7. The van der Waals surface area contributed by atoms with Gasteiger partial charge in [0.15, 0.2) is 5.92 Å². The Kier molecular flexibility index (Phi) is 7.70. The molecule has 0 fully saturated rings. The molecular weight excluding hydrogens is 349 g/mol. The molecule has 0 aromatic heterocycles. The molecule has 1 amide bonds. The van der Waals surface area contributed by atoms with Gasteiger partial charge in [0, 0.05) is 5.92 Å². The van der Waals surface area contributed by atoms with Crippen molar-refractivity contribution in [3.63, 3.8) is 0 Å². The summed E-state index contributed by atoms with van der Waals surface area (Å²) >= 11 is 0. The summed E-state index contributed by atoms with van der Waals surface area (Å²) < 4.78 is 21.9. The Morgan fingerprint density at radius 1 is 1.08 bits per heavy atom. The molecule has 0 bridgehead atoms. The number of hydrogen-bond donors (Lipinski definition) is 2. The fourth-order valence-corrected chi connectivity index (χ4v) is 2.40. The van der Waals surface area contributed by atoms with Crippen LogP contribution in [0.15, 0.2) is 24.3 Å². The monoisotopic (exact) mass is 369 g/mol. The number of hydrogen-bond acceptors (Lipinski definition) is 6. The summed E-state index contributed by atoms with van der Waals surface area (Å²) in [5.74, 6) is -7.15. The van der Waals surface area contributed by atoms with Crippen LogP contribution in [0.4, 0.5) is 4.39 Å². The molecule has 0 saturated carbocycles. The molecule has 2 N–H and O–H groups in total. The average molecular weight is 369 g/mol. The number of methoxy groups -OCH3 is 2. The molecule has 0 aliphatic rings. The molecule has 0 saturated heterocycles. The van der Waals surface area contributed by atoms with Crippen molar-refractivity contribution in [2.45, 2.75) is 19.4 Å². The van der Waals surface area contributed by atoms with Gasteiger partial charge in [0.05, 0.1) is 20.6 Å². The number of carbonyl (C=O) groups excluding carboxylic acids is 3. The van der Waals surface area contributed by atoms with Crippen molar-refractivity contribution in [2.24, 2.45) is 11.8 Å². The Labute approximate surface area is 149 Å². The number of nitrogens with one attached hydrogen (secondary N) is 1. The Hall–Kier alpha value is -2.97. The summed E-state index contributed by atoms with van der Waals surface area (Å²) in [4.78, 5) is 47.3. The lowest BCUT2D eigenvalue weighted by atomic mass is 9.87. The van der Waals surface area contributed by atoms with Crippen LogP contribution in [0.5, 0.6) is 0 Å². The second kappa shape index (κ2) is 9.50. The maximum atomic E-state index is 12.9. The molecule has 0 heterocycles. The highest BCUT2D eigenvalue weighted by molar-refractivity contribution is 5.96. The van der Waals surface area contributed by atoms with Gasteiger partial charge in [-0.1, -0.05) is 19.1 Å². The summed E-state index contributed by atoms with van der Waals surface area (Å²) in [6.07, 6.45) is -0.197. The van der Waals surface area contributed by atoms with Gasteiger partial charge in [0.25, 0.3) is 0 Å². The number of esters is 2. The van der Waals surface area contributed by atoms with Gasteiger partial charge < -0.3 is 19.9 Å². The first kappa shape index (κ1) is 21.1. The van der Waals surface area contributed by atoms with E-state index in [9.17, 15) is 28.7 Å². The molecule has 0 radical (unpaired) electrons. The zero-order valence-corrected chi connectivity index (χ0v) is 14.5. The van der Waals surface area contributed by atoms with E-state index in [-0.39, 0.29) is 6.42 Å². The fraction of sp³-hybridized carbons (Fsp3) is 0.412. The lowest BCUT2D eigenvalue weighted by Crippen LogP contribution is -2.50. The number of rotatable bonds is 8. The van der Waals surface area contributed by atoms with Gasteiger partial charge in [0.1, 0.15) is 11.9 Å². The van der Waals surface area contributed by atoms with Crippen LogP contribution in [0.1, 0.15) is 12.5 Å². The molecule has 0 aliphatic heterocycles. The third-order valence-electron chi connectivity index (χ3n) is 3.82. The summed E-state index contributed by atoms with van der Waals surface area (Å²) in [6, 6.07) is 3.58. The van der Waals surface area contributed by atoms with Crippen LogP contribution in [0, 0.1) is 17.7 Å². The Balaban J connectivity index is 2.93. The Bertz CT molecular complexity index is 658. The number of carboxylic acid groups (broad SMARTS) is 1. The zero-order valence-electron chi connectivity index (χ0n) is 14.5. The first-order valence-electron chi connectivity index (χ1n) is 7.63. The minimum Gasteiger partial charge on any atom is -0.480 e. The molecule has 0 aliphatic carbocycles. The number of carboxylic acids is 1. The number of halogens is 1. The lowest BCUT2D eigenvalue weighted by Gasteiger charge is -2.26. The summed E-state index contributed by atoms with van der Waals surface area (Å²) in [6.45, 7) is 1.31. The number of ether oxygens (including phenoxy) is 2. The van der Waals surface area contributed by atoms with Gasteiger partial charge >= 0.3 is 17.9 Å². The second-order valence-electron chi connectivity index (χ2n) is 5.57. The van der Waals surface area contributed by atoms with E-state index in [4.69, 9.17) is 0 Å². The standard InChI is InChI=1S/C17H20FNO7/c1-9(13(16(23)25-2)17(24)26-3)14(15(21)22)19-12(20)8-10-4-6-11(18)7-5-10/h4-7,9,13-14H,8H2,1-3H3,(H,19,20)(H,21,22)/t9-,14+/m1/s1. The molecule has 1 aromatic rings. The topological polar surface area (TPSA) is 119 Å². The van der Waals surface area contributed by atoms with Crippen molar-refractivity contribution in [3.05, 3.63) is 35.6 Å². The first-order chi connectivity index (χ1) is 12.2. The van der Waals surface area contributed by atoms with Crippen LogP contribution >= 0.6 is 0 Å².